The molecule has 0 saturated heterocycles. The molecular weight excluding hydrogens is 855 g/mol. The van der Waals surface area contributed by atoms with Gasteiger partial charge in [-0.25, -0.2) is 0 Å². The highest BCUT2D eigenvalue weighted by Gasteiger charge is 2.17. The summed E-state index contributed by atoms with van der Waals surface area (Å²) in [5.41, 5.74) is 0. The van der Waals surface area contributed by atoms with Crippen LogP contribution in [0.4, 0.5) is 0 Å². The monoisotopic (exact) mass is 960 g/mol. The first-order chi connectivity index (χ1) is 34.7. The van der Waals surface area contributed by atoms with E-state index in [1.54, 1.807) is 6.08 Å². The quantitative estimate of drug-likeness (QED) is 0.0420. The van der Waals surface area contributed by atoms with Crippen LogP contribution in [-0.4, -0.2) is 34.9 Å². The summed E-state index contributed by atoms with van der Waals surface area (Å²) in [6.07, 6.45) is 96.5. The van der Waals surface area contributed by atoms with Crippen molar-refractivity contribution >= 4 is 5.91 Å². The maximum Gasteiger partial charge on any atom is 0.220 e. The number of allylic oxidation sites excluding steroid dienone is 27. The minimum Gasteiger partial charge on any atom is -0.394 e. The van der Waals surface area contributed by atoms with Crippen LogP contribution in [0.1, 0.15) is 219 Å². The van der Waals surface area contributed by atoms with Gasteiger partial charge in [-0.2, -0.15) is 0 Å². The largest absolute Gasteiger partial charge is 0.394 e. The number of hydrogen-bond acceptors (Lipinski definition) is 3. The molecule has 0 aliphatic carbocycles. The van der Waals surface area contributed by atoms with Crippen molar-refractivity contribution in [2.75, 3.05) is 6.61 Å². The third-order valence-corrected chi connectivity index (χ3v) is 11.7. The van der Waals surface area contributed by atoms with E-state index in [1.165, 1.54) is 83.5 Å². The molecule has 0 aromatic heterocycles. The summed E-state index contributed by atoms with van der Waals surface area (Å²) in [4.78, 5) is 12.4. The molecule has 4 nitrogen and oxygen atoms in total. The van der Waals surface area contributed by atoms with Crippen molar-refractivity contribution in [2.24, 2.45) is 0 Å². The smallest absolute Gasteiger partial charge is 0.220 e. The van der Waals surface area contributed by atoms with E-state index in [1.807, 2.05) is 6.08 Å². The van der Waals surface area contributed by atoms with Crippen LogP contribution >= 0.6 is 0 Å². The normalized spacial score (nSPS) is 14.2. The van der Waals surface area contributed by atoms with Gasteiger partial charge in [0, 0.05) is 6.42 Å². The molecule has 0 aliphatic heterocycles. The first-order valence-electron chi connectivity index (χ1n) is 28.3. The number of nitrogens with one attached hydrogen (secondary N) is 1. The molecule has 0 fully saturated rings. The predicted octanol–water partition coefficient (Wildman–Crippen LogP) is 19.1. The molecular formula is C66H105NO3. The number of aliphatic hydroxyl groups is 2. The van der Waals surface area contributed by atoms with Gasteiger partial charge in [0.15, 0.2) is 0 Å². The van der Waals surface area contributed by atoms with E-state index in [4.69, 9.17) is 0 Å². The van der Waals surface area contributed by atoms with Crippen molar-refractivity contribution in [2.45, 2.75) is 231 Å². The van der Waals surface area contributed by atoms with Gasteiger partial charge in [0.2, 0.25) is 5.91 Å². The Morgan fingerprint density at radius 1 is 0.357 bits per heavy atom. The Labute approximate surface area is 432 Å². The van der Waals surface area contributed by atoms with E-state index in [-0.39, 0.29) is 12.5 Å². The van der Waals surface area contributed by atoms with Crippen LogP contribution in [0.2, 0.25) is 0 Å². The van der Waals surface area contributed by atoms with Crippen molar-refractivity contribution in [1.29, 1.82) is 0 Å². The number of rotatable bonds is 49. The zero-order valence-corrected chi connectivity index (χ0v) is 45.0. The highest BCUT2D eigenvalue weighted by molar-refractivity contribution is 5.76. The molecule has 0 saturated carbocycles. The summed E-state index contributed by atoms with van der Waals surface area (Å²) in [5.74, 6) is -0.123. The van der Waals surface area contributed by atoms with Gasteiger partial charge in [0.1, 0.15) is 0 Å². The second-order valence-electron chi connectivity index (χ2n) is 18.3. The molecule has 2 atom stereocenters. The molecule has 0 heterocycles. The van der Waals surface area contributed by atoms with Crippen LogP contribution in [0.5, 0.6) is 0 Å². The Bertz CT molecular complexity index is 1560. The molecule has 0 aliphatic rings. The van der Waals surface area contributed by atoms with E-state index < -0.39 is 12.1 Å². The molecule has 392 valence electrons. The average Bonchev–Trinajstić information content (AvgIpc) is 3.36. The summed E-state index contributed by atoms with van der Waals surface area (Å²) >= 11 is 0. The van der Waals surface area contributed by atoms with Gasteiger partial charge >= 0.3 is 0 Å². The molecule has 0 aromatic carbocycles. The van der Waals surface area contributed by atoms with Crippen molar-refractivity contribution in [3.05, 3.63) is 170 Å². The third-order valence-electron chi connectivity index (χ3n) is 11.7. The second-order valence-corrected chi connectivity index (χ2v) is 18.3. The maximum absolute atomic E-state index is 12.4. The van der Waals surface area contributed by atoms with E-state index in [2.05, 4.69) is 177 Å². The molecule has 0 radical (unpaired) electrons. The van der Waals surface area contributed by atoms with Crippen LogP contribution in [0.25, 0.3) is 0 Å². The van der Waals surface area contributed by atoms with Crippen LogP contribution in [-0.2, 0) is 4.79 Å². The molecule has 0 bridgehead atoms. The molecule has 70 heavy (non-hydrogen) atoms. The van der Waals surface area contributed by atoms with E-state index in [0.29, 0.717) is 6.42 Å². The lowest BCUT2D eigenvalue weighted by molar-refractivity contribution is -0.123. The van der Waals surface area contributed by atoms with Gasteiger partial charge in [0.05, 0.1) is 18.8 Å². The van der Waals surface area contributed by atoms with Gasteiger partial charge in [-0.1, -0.05) is 261 Å². The van der Waals surface area contributed by atoms with Crippen LogP contribution in [0.3, 0.4) is 0 Å². The number of carbonyl (C=O) groups excluding carboxylic acids is 1. The topological polar surface area (TPSA) is 69.6 Å². The molecule has 3 N–H and O–H groups in total. The fraction of sp³-hybridized carbons (Fsp3) is 0.561. The lowest BCUT2D eigenvalue weighted by Crippen LogP contribution is -2.45. The zero-order chi connectivity index (χ0) is 50.6. The first-order valence-corrected chi connectivity index (χ1v) is 28.3. The van der Waals surface area contributed by atoms with Crippen LogP contribution in [0.15, 0.2) is 170 Å². The fourth-order valence-electron chi connectivity index (χ4n) is 7.41. The molecule has 4 heteroatoms. The SMILES string of the molecule is CC/C=C\C/C=C\C/C=C\C/C=C\C/C=C\C/C=C\C/C=C\C/C=C\C/C=C\C/C=C\C/C=C\C/C=C\CCCCC(=O)NC(CO)C(O)/C=C/CC/C=C/CCCCCCCCCCCCCCC. The first kappa shape index (κ1) is 65.8. The maximum atomic E-state index is 12.4. The minimum absolute atomic E-state index is 0.123. The lowest BCUT2D eigenvalue weighted by Gasteiger charge is -2.19. The number of unbranched alkanes of at least 4 members (excludes halogenated alkanes) is 16. The Morgan fingerprint density at radius 2 is 0.643 bits per heavy atom. The third kappa shape index (κ3) is 54.7. The lowest BCUT2D eigenvalue weighted by atomic mass is 10.0. The van der Waals surface area contributed by atoms with E-state index in [0.717, 1.165) is 116 Å². The van der Waals surface area contributed by atoms with Gasteiger partial charge in [-0.3, -0.25) is 4.79 Å². The number of amides is 1. The number of hydrogen-bond donors (Lipinski definition) is 3. The van der Waals surface area contributed by atoms with Crippen LogP contribution < -0.4 is 5.32 Å². The summed E-state index contributed by atoms with van der Waals surface area (Å²) < 4.78 is 0. The number of aliphatic hydroxyl groups excluding tert-OH is 2. The van der Waals surface area contributed by atoms with E-state index >= 15 is 0 Å². The summed E-state index contributed by atoms with van der Waals surface area (Å²) in [6.45, 7) is 4.16. The second kappa shape index (κ2) is 59.1. The van der Waals surface area contributed by atoms with Crippen molar-refractivity contribution in [1.82, 2.24) is 5.32 Å². The molecule has 2 unspecified atom stereocenters. The Kier molecular flexibility index (Phi) is 55.5. The molecule has 1 amide bonds. The van der Waals surface area contributed by atoms with Gasteiger partial charge in [-0.15, -0.1) is 0 Å². The standard InChI is InChI=1S/C66H105NO3/c1-3-5-7-9-11-13-15-17-19-21-23-24-25-26-27-28-29-30-31-32-33-34-35-36-37-38-39-40-41-42-44-46-48-50-52-54-56-58-60-62-66(70)67-64(63-68)65(69)61-59-57-55-53-51-49-47-45-43-22-20-18-16-14-12-10-8-6-4-2/h5,7,11,13,17,19,23-24,26-27,29-30,32-33,35-36,38-39,41-42,46,48,51-54,59,61,64-65,68-69H,3-4,6,8-10,12,14-16,18,20-22,25,28,31,34,37,40,43-45,47,49-50,55-58,60,62-63H2,1-2H3,(H,67,70)/b7-5-,13-11-,19-17-,24-23-,27-26-,30-29-,33-32-,36-35-,39-38-,42-41-,48-46-,53-51+,54-52-,61-59+. The van der Waals surface area contributed by atoms with Gasteiger partial charge in [0.25, 0.3) is 0 Å². The van der Waals surface area contributed by atoms with Crippen molar-refractivity contribution < 1.29 is 15.0 Å². The fourth-order valence-corrected chi connectivity index (χ4v) is 7.41. The molecule has 0 aromatic rings. The average molecular weight is 961 g/mol. The Morgan fingerprint density at radius 3 is 1.00 bits per heavy atom. The van der Waals surface area contributed by atoms with Gasteiger partial charge < -0.3 is 15.5 Å². The van der Waals surface area contributed by atoms with Crippen LogP contribution in [0, 0.1) is 0 Å². The molecule has 0 rings (SSSR count). The van der Waals surface area contributed by atoms with Crippen molar-refractivity contribution in [3.8, 4) is 0 Å². The number of carbonyl (C=O) groups is 1. The predicted molar refractivity (Wildman–Crippen MR) is 312 cm³/mol. The summed E-state index contributed by atoms with van der Waals surface area (Å²) in [7, 11) is 0. The highest BCUT2D eigenvalue weighted by atomic mass is 16.3. The Balaban J connectivity index is 3.77. The summed E-state index contributed by atoms with van der Waals surface area (Å²) in [5, 5.41) is 23.1. The van der Waals surface area contributed by atoms with E-state index in [9.17, 15) is 15.0 Å². The van der Waals surface area contributed by atoms with Crippen molar-refractivity contribution in [3.63, 3.8) is 0 Å². The van der Waals surface area contributed by atoms with Gasteiger partial charge in [-0.05, 0) is 122 Å². The minimum atomic E-state index is -0.894. The summed E-state index contributed by atoms with van der Waals surface area (Å²) in [6, 6.07) is -0.676. The molecule has 0 spiro atoms. The highest BCUT2D eigenvalue weighted by Crippen LogP contribution is 2.13. The zero-order valence-electron chi connectivity index (χ0n) is 45.0. The Hall–Kier alpha value is -4.25.